The van der Waals surface area contributed by atoms with E-state index in [2.05, 4.69) is 4.98 Å². The van der Waals surface area contributed by atoms with Gasteiger partial charge in [0.15, 0.2) is 0 Å². The lowest BCUT2D eigenvalue weighted by molar-refractivity contribution is -0.123. The second-order valence-corrected chi connectivity index (χ2v) is 5.35. The van der Waals surface area contributed by atoms with Crippen LogP contribution in [0.3, 0.4) is 0 Å². The van der Waals surface area contributed by atoms with Crippen molar-refractivity contribution < 1.29 is 9.59 Å². The van der Waals surface area contributed by atoms with Crippen LogP contribution in [-0.2, 0) is 4.79 Å². The van der Waals surface area contributed by atoms with E-state index in [1.54, 1.807) is 12.4 Å². The number of hydrogen-bond acceptors (Lipinski definition) is 3. The molecule has 3 rings (SSSR count). The van der Waals surface area contributed by atoms with E-state index in [0.717, 1.165) is 21.2 Å². The molecule has 2 aromatic rings. The highest BCUT2D eigenvalue weighted by molar-refractivity contribution is 6.25. The van der Waals surface area contributed by atoms with Crippen LogP contribution in [0.4, 0.5) is 4.79 Å². The largest absolute Gasteiger partial charge is 0.351 e. The second kappa shape index (κ2) is 5.33. The molecular weight excluding hydrogens is 290 g/mol. The molecule has 0 spiro atoms. The summed E-state index contributed by atoms with van der Waals surface area (Å²) in [6.45, 7) is 0.294. The number of nitrogens with two attached hydrogens (primary N) is 1. The Morgan fingerprint density at radius 2 is 2.14 bits per heavy atom. The van der Waals surface area contributed by atoms with Crippen molar-refractivity contribution in [3.8, 4) is 0 Å². The number of hydrogen-bond donors (Lipinski definition) is 1. The van der Waals surface area contributed by atoms with Crippen LogP contribution in [0.5, 0.6) is 0 Å². The Kier molecular flexibility index (Phi) is 3.51. The van der Waals surface area contributed by atoms with Crippen molar-refractivity contribution in [3.63, 3.8) is 0 Å². The van der Waals surface area contributed by atoms with Crippen LogP contribution in [0.1, 0.15) is 17.4 Å². The Morgan fingerprint density at radius 1 is 1.33 bits per heavy atom. The van der Waals surface area contributed by atoms with Crippen LogP contribution < -0.4 is 5.73 Å². The molecule has 6 heteroatoms. The maximum atomic E-state index is 12.1. The highest BCUT2D eigenvalue weighted by Gasteiger charge is 2.40. The first-order valence-corrected chi connectivity index (χ1v) is 6.96. The quantitative estimate of drug-likeness (QED) is 0.865. The summed E-state index contributed by atoms with van der Waals surface area (Å²) in [6.07, 6.45) is 3.92. The molecule has 1 radical (unpaired) electrons. The predicted molar refractivity (Wildman–Crippen MR) is 79.5 cm³/mol. The van der Waals surface area contributed by atoms with Crippen LogP contribution in [0.15, 0.2) is 36.7 Å². The van der Waals surface area contributed by atoms with Gasteiger partial charge in [-0.2, -0.15) is 0 Å². The standard InChI is InChI=1S/C15H13ClN3O2/c16-13(12-4-6-19(14(12)20)15(17)21)10-2-1-9-3-5-18-8-11(9)7-10/h1-3,5,7-8,13H,4,6H2,(H2,17,21). The van der Waals surface area contributed by atoms with Crippen molar-refractivity contribution in [3.05, 3.63) is 48.1 Å². The van der Waals surface area contributed by atoms with Crippen molar-refractivity contribution in [2.75, 3.05) is 6.54 Å². The number of fused-ring (bicyclic) bond motifs is 1. The molecule has 3 amide bonds. The van der Waals surface area contributed by atoms with Crippen molar-refractivity contribution in [2.45, 2.75) is 11.8 Å². The Bertz CT molecular complexity index is 719. The van der Waals surface area contributed by atoms with Crippen molar-refractivity contribution >= 4 is 34.3 Å². The first-order valence-electron chi connectivity index (χ1n) is 6.52. The first-order chi connectivity index (χ1) is 10.1. The highest BCUT2D eigenvalue weighted by atomic mass is 35.5. The molecule has 5 nitrogen and oxygen atoms in total. The van der Waals surface area contributed by atoms with Gasteiger partial charge in [-0.15, -0.1) is 11.6 Å². The maximum absolute atomic E-state index is 12.1. The van der Waals surface area contributed by atoms with E-state index in [9.17, 15) is 9.59 Å². The highest BCUT2D eigenvalue weighted by Crippen LogP contribution is 2.38. The minimum absolute atomic E-state index is 0.294. The van der Waals surface area contributed by atoms with E-state index in [4.69, 9.17) is 17.3 Å². The third-order valence-electron chi connectivity index (χ3n) is 3.65. The fourth-order valence-electron chi connectivity index (χ4n) is 2.52. The summed E-state index contributed by atoms with van der Waals surface area (Å²) >= 11 is 6.42. The van der Waals surface area contributed by atoms with Gasteiger partial charge in [0.1, 0.15) is 0 Å². The Labute approximate surface area is 126 Å². The first kappa shape index (κ1) is 13.8. The molecule has 1 saturated heterocycles. The fraction of sp³-hybridized carbons (Fsp3) is 0.200. The van der Waals surface area contributed by atoms with Gasteiger partial charge in [-0.3, -0.25) is 14.7 Å². The van der Waals surface area contributed by atoms with Gasteiger partial charge < -0.3 is 5.73 Å². The molecular formula is C15H13ClN3O2. The lowest BCUT2D eigenvalue weighted by atomic mass is 9.96. The Hall–Kier alpha value is -2.14. The molecule has 1 atom stereocenters. The number of carbonyl (C=O) groups excluding carboxylic acids is 2. The summed E-state index contributed by atoms with van der Waals surface area (Å²) in [7, 11) is 0. The van der Waals surface area contributed by atoms with Gasteiger partial charge in [0.05, 0.1) is 11.3 Å². The van der Waals surface area contributed by atoms with Crippen LogP contribution in [0.25, 0.3) is 10.8 Å². The number of alkyl halides is 1. The molecule has 107 valence electrons. The minimum Gasteiger partial charge on any atom is -0.351 e. The van der Waals surface area contributed by atoms with E-state index in [1.807, 2.05) is 24.3 Å². The van der Waals surface area contributed by atoms with Gasteiger partial charge in [-0.05, 0) is 29.5 Å². The minimum atomic E-state index is -0.735. The molecule has 0 aliphatic carbocycles. The van der Waals surface area contributed by atoms with Crippen LogP contribution in [0.2, 0.25) is 0 Å². The van der Waals surface area contributed by atoms with Gasteiger partial charge in [0.25, 0.3) is 0 Å². The maximum Gasteiger partial charge on any atom is 0.321 e. The summed E-state index contributed by atoms with van der Waals surface area (Å²) in [5.74, 6) is 0.118. The van der Waals surface area contributed by atoms with E-state index in [-0.39, 0.29) is 5.91 Å². The average Bonchev–Trinajstić information content (AvgIpc) is 2.88. The third-order valence-corrected chi connectivity index (χ3v) is 4.17. The number of pyridine rings is 1. The normalized spacial score (nSPS) is 17.4. The van der Waals surface area contributed by atoms with E-state index >= 15 is 0 Å². The molecule has 1 unspecified atom stereocenters. The summed E-state index contributed by atoms with van der Waals surface area (Å²) in [4.78, 5) is 28.4. The molecule has 1 fully saturated rings. The number of imide groups is 1. The SMILES string of the molecule is NC(=O)N1CC[C](C(Cl)c2ccc3ccncc3c2)C1=O. The van der Waals surface area contributed by atoms with Gasteiger partial charge in [-0.25, -0.2) is 4.79 Å². The van der Waals surface area contributed by atoms with Crippen LogP contribution in [-0.4, -0.2) is 28.4 Å². The van der Waals surface area contributed by atoms with Gasteiger partial charge >= 0.3 is 6.03 Å². The third kappa shape index (κ3) is 2.45. The molecule has 1 aliphatic rings. The summed E-state index contributed by atoms with van der Waals surface area (Å²) in [5.41, 5.74) is 5.98. The zero-order chi connectivity index (χ0) is 15.0. The fourth-order valence-corrected chi connectivity index (χ4v) is 2.86. The van der Waals surface area contributed by atoms with E-state index in [1.165, 1.54) is 0 Å². The lowest BCUT2D eigenvalue weighted by Crippen LogP contribution is -2.37. The topological polar surface area (TPSA) is 76.3 Å². The lowest BCUT2D eigenvalue weighted by Gasteiger charge is -2.16. The summed E-state index contributed by atoms with van der Waals surface area (Å²) in [6, 6.07) is 6.90. The number of amides is 3. The van der Waals surface area contributed by atoms with Crippen molar-refractivity contribution in [1.29, 1.82) is 0 Å². The van der Waals surface area contributed by atoms with Crippen LogP contribution >= 0.6 is 11.6 Å². The smallest absolute Gasteiger partial charge is 0.321 e. The van der Waals surface area contributed by atoms with E-state index in [0.29, 0.717) is 18.9 Å². The number of rotatable bonds is 2. The average molecular weight is 303 g/mol. The second-order valence-electron chi connectivity index (χ2n) is 4.92. The molecule has 0 saturated carbocycles. The van der Waals surface area contributed by atoms with E-state index < -0.39 is 11.4 Å². The Balaban J connectivity index is 1.88. The monoisotopic (exact) mass is 302 g/mol. The predicted octanol–water partition coefficient (Wildman–Crippen LogP) is 2.40. The van der Waals surface area contributed by atoms with Gasteiger partial charge in [-0.1, -0.05) is 12.1 Å². The number of likely N-dealkylation sites (tertiary alicyclic amines) is 1. The number of halogens is 1. The summed E-state index contributed by atoms with van der Waals surface area (Å²) < 4.78 is 0. The molecule has 1 aromatic heterocycles. The van der Waals surface area contributed by atoms with Gasteiger partial charge in [0, 0.05) is 24.3 Å². The molecule has 21 heavy (non-hydrogen) atoms. The molecule has 2 N–H and O–H groups in total. The number of urea groups is 1. The molecule has 1 aliphatic heterocycles. The molecule has 2 heterocycles. The molecule has 0 bridgehead atoms. The van der Waals surface area contributed by atoms with Crippen molar-refractivity contribution in [2.24, 2.45) is 5.73 Å². The number of primary amides is 1. The zero-order valence-corrected chi connectivity index (χ0v) is 11.9. The van der Waals surface area contributed by atoms with Crippen LogP contribution in [0, 0.1) is 5.92 Å². The zero-order valence-electron chi connectivity index (χ0n) is 11.1. The number of aromatic nitrogens is 1. The number of benzene rings is 1. The van der Waals surface area contributed by atoms with Crippen molar-refractivity contribution in [1.82, 2.24) is 9.88 Å². The molecule has 1 aromatic carbocycles. The number of nitrogens with zero attached hydrogens (tertiary/aromatic N) is 2. The Morgan fingerprint density at radius 3 is 2.86 bits per heavy atom. The number of carbonyl (C=O) groups is 2. The van der Waals surface area contributed by atoms with Gasteiger partial charge in [0.2, 0.25) is 5.91 Å². The summed E-state index contributed by atoms with van der Waals surface area (Å²) in [5, 5.41) is 1.45.